The first-order valence-corrected chi connectivity index (χ1v) is 7.01. The first-order valence-electron chi connectivity index (χ1n) is 5.89. The summed E-state index contributed by atoms with van der Waals surface area (Å²) < 4.78 is 0. The van der Waals surface area contributed by atoms with Crippen LogP contribution in [0.4, 0.5) is 0 Å². The number of nitrogens with zero attached hydrogens (tertiary/aromatic N) is 2. The van der Waals surface area contributed by atoms with Crippen molar-refractivity contribution in [1.82, 2.24) is 9.80 Å². The molecule has 2 bridgehead atoms. The number of hydrogen-bond acceptors (Lipinski definition) is 3. The summed E-state index contributed by atoms with van der Waals surface area (Å²) >= 11 is 3.35. The smallest absolute Gasteiger partial charge is 0.0763 e. The second-order valence-corrected chi connectivity index (χ2v) is 5.59. The molecule has 2 saturated heterocycles. The Hall–Kier alpha value is 0.360. The minimum absolute atomic E-state index is 0.212. The highest BCUT2D eigenvalue weighted by Crippen LogP contribution is 2.29. The lowest BCUT2D eigenvalue weighted by molar-refractivity contribution is 0.0995. The highest BCUT2D eigenvalue weighted by molar-refractivity contribution is 9.09. The molecular weight excluding hydrogens is 256 g/mol. The topological polar surface area (TPSA) is 26.7 Å². The molecule has 0 aromatic rings. The summed E-state index contributed by atoms with van der Waals surface area (Å²) in [6.07, 6.45) is 3.69. The number of likely N-dealkylation sites (tertiary alicyclic amines) is 1. The van der Waals surface area contributed by atoms with Crippen LogP contribution in [0.5, 0.6) is 0 Å². The third-order valence-electron chi connectivity index (χ3n) is 3.74. The molecule has 3 unspecified atom stereocenters. The van der Waals surface area contributed by atoms with Gasteiger partial charge in [-0.2, -0.15) is 0 Å². The van der Waals surface area contributed by atoms with E-state index in [2.05, 4.69) is 32.8 Å². The Balaban J connectivity index is 1.98. The van der Waals surface area contributed by atoms with Crippen molar-refractivity contribution in [3.05, 3.63) is 0 Å². The van der Waals surface area contributed by atoms with Gasteiger partial charge in [0, 0.05) is 30.5 Å². The van der Waals surface area contributed by atoms with Crippen LogP contribution < -0.4 is 0 Å². The summed E-state index contributed by atoms with van der Waals surface area (Å²) in [5.74, 6) is 0. The van der Waals surface area contributed by atoms with E-state index in [1.165, 1.54) is 32.4 Å². The number of likely N-dealkylation sites (N-methyl/N-ethyl adjacent to an activating group) is 1. The Kier molecular flexibility index (Phi) is 4.04. The molecule has 0 amide bonds. The van der Waals surface area contributed by atoms with Gasteiger partial charge >= 0.3 is 0 Å². The monoisotopic (exact) mass is 276 g/mol. The Morgan fingerprint density at radius 2 is 2.07 bits per heavy atom. The van der Waals surface area contributed by atoms with E-state index in [9.17, 15) is 5.11 Å². The second kappa shape index (κ2) is 5.13. The number of alkyl halides is 1. The number of aliphatic hydroxyl groups excluding tert-OH is 1. The van der Waals surface area contributed by atoms with E-state index in [1.807, 2.05) is 0 Å². The Bertz CT molecular complexity index is 215. The summed E-state index contributed by atoms with van der Waals surface area (Å²) in [6, 6.07) is 1.39. The number of rotatable bonds is 3. The standard InChI is InChI=1S/C11H21BrN2O/c1-13-5-4-9-2-3-10(7-13)14(9)8-11(15)6-12/h9-11,15H,2-8H2,1H3. The zero-order chi connectivity index (χ0) is 10.8. The van der Waals surface area contributed by atoms with Gasteiger partial charge in [-0.25, -0.2) is 0 Å². The van der Waals surface area contributed by atoms with Crippen LogP contribution in [0.15, 0.2) is 0 Å². The summed E-state index contributed by atoms with van der Waals surface area (Å²) in [6.45, 7) is 3.22. The van der Waals surface area contributed by atoms with Gasteiger partial charge in [-0.05, 0) is 32.9 Å². The van der Waals surface area contributed by atoms with E-state index in [0.717, 1.165) is 6.54 Å². The highest BCUT2D eigenvalue weighted by Gasteiger charge is 2.36. The van der Waals surface area contributed by atoms with Crippen LogP contribution >= 0.6 is 15.9 Å². The van der Waals surface area contributed by atoms with Gasteiger partial charge in [-0.15, -0.1) is 0 Å². The number of halogens is 1. The van der Waals surface area contributed by atoms with E-state index < -0.39 is 0 Å². The van der Waals surface area contributed by atoms with Crippen molar-refractivity contribution in [3.8, 4) is 0 Å². The van der Waals surface area contributed by atoms with Gasteiger partial charge in [0.2, 0.25) is 0 Å². The molecule has 15 heavy (non-hydrogen) atoms. The van der Waals surface area contributed by atoms with Crippen molar-refractivity contribution in [2.75, 3.05) is 32.0 Å². The number of hydrogen-bond donors (Lipinski definition) is 1. The summed E-state index contributed by atoms with van der Waals surface area (Å²) in [4.78, 5) is 4.97. The molecule has 2 heterocycles. The molecule has 2 fully saturated rings. The molecule has 0 aromatic heterocycles. The van der Waals surface area contributed by atoms with E-state index >= 15 is 0 Å². The predicted molar refractivity (Wildman–Crippen MR) is 65.4 cm³/mol. The van der Waals surface area contributed by atoms with Gasteiger partial charge in [0.05, 0.1) is 6.10 Å². The zero-order valence-electron chi connectivity index (χ0n) is 9.40. The van der Waals surface area contributed by atoms with Crippen molar-refractivity contribution in [2.45, 2.75) is 37.5 Å². The third kappa shape index (κ3) is 2.73. The van der Waals surface area contributed by atoms with Gasteiger partial charge in [0.15, 0.2) is 0 Å². The molecule has 2 aliphatic rings. The van der Waals surface area contributed by atoms with Crippen LogP contribution in [-0.2, 0) is 0 Å². The molecule has 1 N–H and O–H groups in total. The SMILES string of the molecule is CN1CCC2CCC(C1)N2CC(O)CBr. The van der Waals surface area contributed by atoms with E-state index in [-0.39, 0.29) is 6.10 Å². The second-order valence-electron chi connectivity index (χ2n) is 4.94. The lowest BCUT2D eigenvalue weighted by Gasteiger charge is -2.29. The largest absolute Gasteiger partial charge is 0.391 e. The molecule has 4 heteroatoms. The molecule has 88 valence electrons. The average molecular weight is 277 g/mol. The molecule has 0 radical (unpaired) electrons. The van der Waals surface area contributed by atoms with E-state index in [1.54, 1.807) is 0 Å². The molecular formula is C11H21BrN2O. The number of fused-ring (bicyclic) bond motifs is 2. The van der Waals surface area contributed by atoms with Crippen LogP contribution in [-0.4, -0.2) is 65.1 Å². The maximum Gasteiger partial charge on any atom is 0.0763 e. The van der Waals surface area contributed by atoms with Crippen molar-refractivity contribution in [1.29, 1.82) is 0 Å². The van der Waals surface area contributed by atoms with E-state index in [0.29, 0.717) is 17.4 Å². The summed E-state index contributed by atoms with van der Waals surface area (Å²) in [7, 11) is 2.21. The first-order chi connectivity index (χ1) is 7.20. The Morgan fingerprint density at radius 1 is 1.33 bits per heavy atom. The maximum atomic E-state index is 9.73. The normalized spacial score (nSPS) is 35.4. The van der Waals surface area contributed by atoms with Gasteiger partial charge in [0.25, 0.3) is 0 Å². The fraction of sp³-hybridized carbons (Fsp3) is 1.00. The summed E-state index contributed by atoms with van der Waals surface area (Å²) in [5.41, 5.74) is 0. The van der Waals surface area contributed by atoms with Gasteiger partial charge in [0.1, 0.15) is 0 Å². The van der Waals surface area contributed by atoms with Crippen LogP contribution in [0.25, 0.3) is 0 Å². The van der Waals surface area contributed by atoms with Crippen molar-refractivity contribution in [3.63, 3.8) is 0 Å². The minimum atomic E-state index is -0.212. The Labute approximate surface area is 101 Å². The average Bonchev–Trinajstić information content (AvgIpc) is 2.49. The molecule has 3 nitrogen and oxygen atoms in total. The Morgan fingerprint density at radius 3 is 2.80 bits per heavy atom. The molecule has 0 spiro atoms. The molecule has 0 saturated carbocycles. The number of aliphatic hydroxyl groups is 1. The maximum absolute atomic E-state index is 9.73. The lowest BCUT2D eigenvalue weighted by Crippen LogP contribution is -2.43. The quantitative estimate of drug-likeness (QED) is 0.777. The molecule has 0 aromatic carbocycles. The first kappa shape index (κ1) is 11.8. The molecule has 2 aliphatic heterocycles. The van der Waals surface area contributed by atoms with Crippen LogP contribution in [0.3, 0.4) is 0 Å². The van der Waals surface area contributed by atoms with Gasteiger partial charge in [-0.3, -0.25) is 4.90 Å². The van der Waals surface area contributed by atoms with Crippen LogP contribution in [0.2, 0.25) is 0 Å². The zero-order valence-corrected chi connectivity index (χ0v) is 11.0. The molecule has 3 atom stereocenters. The van der Waals surface area contributed by atoms with Gasteiger partial charge in [-0.1, -0.05) is 15.9 Å². The molecule has 2 rings (SSSR count). The fourth-order valence-electron chi connectivity index (χ4n) is 2.93. The fourth-order valence-corrected chi connectivity index (χ4v) is 3.14. The van der Waals surface area contributed by atoms with Crippen molar-refractivity contribution in [2.24, 2.45) is 0 Å². The molecule has 0 aliphatic carbocycles. The van der Waals surface area contributed by atoms with E-state index in [4.69, 9.17) is 0 Å². The minimum Gasteiger partial charge on any atom is -0.391 e. The van der Waals surface area contributed by atoms with Crippen LogP contribution in [0.1, 0.15) is 19.3 Å². The van der Waals surface area contributed by atoms with Gasteiger partial charge < -0.3 is 10.0 Å². The highest BCUT2D eigenvalue weighted by atomic mass is 79.9. The van der Waals surface area contributed by atoms with Crippen molar-refractivity contribution < 1.29 is 5.11 Å². The third-order valence-corrected chi connectivity index (χ3v) is 4.48. The lowest BCUT2D eigenvalue weighted by atomic mass is 10.1. The van der Waals surface area contributed by atoms with Crippen LogP contribution in [0, 0.1) is 0 Å². The predicted octanol–water partition coefficient (Wildman–Crippen LogP) is 0.911. The van der Waals surface area contributed by atoms with Crippen molar-refractivity contribution >= 4 is 15.9 Å². The summed E-state index contributed by atoms with van der Waals surface area (Å²) in [5, 5.41) is 10.4.